The van der Waals surface area contributed by atoms with Gasteiger partial charge in [-0.15, -0.1) is 0 Å². The van der Waals surface area contributed by atoms with Gasteiger partial charge in [0.2, 0.25) is 0 Å². The summed E-state index contributed by atoms with van der Waals surface area (Å²) in [4.78, 5) is 12.3. The molecule has 0 heterocycles. The van der Waals surface area contributed by atoms with E-state index in [2.05, 4.69) is 10.6 Å². The molecule has 2 aromatic carbocycles. The van der Waals surface area contributed by atoms with E-state index in [4.69, 9.17) is 10.00 Å². The molecular formula is C19H16N4O2. The van der Waals surface area contributed by atoms with Crippen molar-refractivity contribution in [3.8, 4) is 17.9 Å². The number of rotatable bonds is 6. The fourth-order valence-electron chi connectivity index (χ4n) is 2.05. The van der Waals surface area contributed by atoms with E-state index in [1.54, 1.807) is 36.4 Å². The molecule has 0 aromatic heterocycles. The molecule has 2 rings (SSSR count). The second-order valence-corrected chi connectivity index (χ2v) is 4.85. The van der Waals surface area contributed by atoms with Crippen molar-refractivity contribution in [2.75, 3.05) is 17.2 Å². The summed E-state index contributed by atoms with van der Waals surface area (Å²) in [5.74, 6) is 0.0142. The second-order valence-electron chi connectivity index (χ2n) is 4.85. The molecule has 0 spiro atoms. The van der Waals surface area contributed by atoms with Crippen molar-refractivity contribution < 1.29 is 9.53 Å². The summed E-state index contributed by atoms with van der Waals surface area (Å²) in [5, 5.41) is 23.8. The number of amides is 1. The van der Waals surface area contributed by atoms with Crippen LogP contribution in [0.25, 0.3) is 0 Å². The predicted octanol–water partition coefficient (Wildman–Crippen LogP) is 3.42. The number of nitrogens with zero attached hydrogens (tertiary/aromatic N) is 2. The van der Waals surface area contributed by atoms with Crippen LogP contribution >= 0.6 is 0 Å². The molecule has 0 aliphatic carbocycles. The van der Waals surface area contributed by atoms with Gasteiger partial charge in [-0.05, 0) is 31.2 Å². The van der Waals surface area contributed by atoms with E-state index in [0.29, 0.717) is 29.3 Å². The number of carbonyl (C=O) groups is 1. The van der Waals surface area contributed by atoms with E-state index in [1.807, 2.05) is 31.2 Å². The maximum absolute atomic E-state index is 12.3. The lowest BCUT2D eigenvalue weighted by Gasteiger charge is -2.10. The number of anilines is 2. The molecule has 0 unspecified atom stereocenters. The lowest BCUT2D eigenvalue weighted by Crippen LogP contribution is -2.15. The lowest BCUT2D eigenvalue weighted by molar-refractivity contribution is -0.112. The first kappa shape index (κ1) is 17.6. The summed E-state index contributed by atoms with van der Waals surface area (Å²) in [5.41, 5.74) is 1.19. The highest BCUT2D eigenvalue weighted by atomic mass is 16.5. The number of hydrogen-bond acceptors (Lipinski definition) is 5. The summed E-state index contributed by atoms with van der Waals surface area (Å²) in [6.07, 6.45) is 1.31. The van der Waals surface area contributed by atoms with Gasteiger partial charge in [0, 0.05) is 6.20 Å². The van der Waals surface area contributed by atoms with E-state index in [1.165, 1.54) is 6.20 Å². The highest BCUT2D eigenvalue weighted by Crippen LogP contribution is 2.24. The molecule has 1 amide bonds. The van der Waals surface area contributed by atoms with Crippen LogP contribution in [0, 0.1) is 22.7 Å². The second kappa shape index (κ2) is 8.76. The third-order valence-electron chi connectivity index (χ3n) is 3.22. The largest absolute Gasteiger partial charge is 0.492 e. The van der Waals surface area contributed by atoms with Crippen molar-refractivity contribution in [2.45, 2.75) is 6.92 Å². The van der Waals surface area contributed by atoms with Gasteiger partial charge >= 0.3 is 0 Å². The van der Waals surface area contributed by atoms with E-state index >= 15 is 0 Å². The molecule has 6 nitrogen and oxygen atoms in total. The van der Waals surface area contributed by atoms with Gasteiger partial charge in [0.05, 0.1) is 23.5 Å². The van der Waals surface area contributed by atoms with Gasteiger partial charge < -0.3 is 15.4 Å². The normalized spacial score (nSPS) is 10.3. The van der Waals surface area contributed by atoms with Gasteiger partial charge in [-0.25, -0.2) is 0 Å². The van der Waals surface area contributed by atoms with E-state index in [-0.39, 0.29) is 5.57 Å². The van der Waals surface area contributed by atoms with Crippen molar-refractivity contribution in [3.05, 3.63) is 65.9 Å². The first-order chi connectivity index (χ1) is 12.2. The molecular weight excluding hydrogens is 316 g/mol. The first-order valence-electron chi connectivity index (χ1n) is 7.58. The van der Waals surface area contributed by atoms with Crippen LogP contribution in [-0.4, -0.2) is 12.5 Å². The molecule has 0 saturated carbocycles. The lowest BCUT2D eigenvalue weighted by atomic mass is 10.2. The first-order valence-corrected chi connectivity index (χ1v) is 7.58. The monoisotopic (exact) mass is 332 g/mol. The Hall–Kier alpha value is -3.77. The summed E-state index contributed by atoms with van der Waals surface area (Å²) in [6.45, 7) is 2.37. The Kier molecular flexibility index (Phi) is 6.16. The fourth-order valence-corrected chi connectivity index (χ4v) is 2.05. The maximum Gasteiger partial charge on any atom is 0.267 e. The van der Waals surface area contributed by atoms with Crippen LogP contribution < -0.4 is 15.4 Å². The van der Waals surface area contributed by atoms with Gasteiger partial charge in [0.1, 0.15) is 23.5 Å². The maximum atomic E-state index is 12.3. The van der Waals surface area contributed by atoms with Crippen molar-refractivity contribution >= 4 is 17.3 Å². The third kappa shape index (κ3) is 4.60. The number of hydrogen-bond donors (Lipinski definition) is 2. The quantitative estimate of drug-likeness (QED) is 0.624. The predicted molar refractivity (Wildman–Crippen MR) is 94.7 cm³/mol. The van der Waals surface area contributed by atoms with Gasteiger partial charge in [0.25, 0.3) is 5.91 Å². The summed E-state index contributed by atoms with van der Waals surface area (Å²) in [7, 11) is 0. The molecule has 0 radical (unpaired) electrons. The van der Waals surface area contributed by atoms with Crippen LogP contribution in [0.2, 0.25) is 0 Å². The number of nitrogens with one attached hydrogen (secondary N) is 2. The zero-order chi connectivity index (χ0) is 18.1. The molecule has 0 fully saturated rings. The molecule has 2 aromatic rings. The zero-order valence-electron chi connectivity index (χ0n) is 13.6. The average Bonchev–Trinajstić information content (AvgIpc) is 2.64. The molecule has 2 N–H and O–H groups in total. The Bertz CT molecular complexity index is 875. The van der Waals surface area contributed by atoms with Crippen LogP contribution in [-0.2, 0) is 4.79 Å². The SMILES string of the molecule is CCOc1ccccc1N/C=C(/C#N)C(=O)Nc1ccccc1C#N. The molecule has 0 saturated heterocycles. The number of benzene rings is 2. The van der Waals surface area contributed by atoms with Crippen LogP contribution in [0.1, 0.15) is 12.5 Å². The van der Waals surface area contributed by atoms with Crippen molar-refractivity contribution in [1.29, 1.82) is 10.5 Å². The minimum atomic E-state index is -0.605. The molecule has 6 heteroatoms. The van der Waals surface area contributed by atoms with Crippen molar-refractivity contribution in [1.82, 2.24) is 0 Å². The Morgan fingerprint density at radius 1 is 1.12 bits per heavy atom. The molecule has 25 heavy (non-hydrogen) atoms. The highest BCUT2D eigenvalue weighted by molar-refractivity contribution is 6.07. The Balaban J connectivity index is 2.17. The topological polar surface area (TPSA) is 97.9 Å². The third-order valence-corrected chi connectivity index (χ3v) is 3.22. The fraction of sp³-hybridized carbons (Fsp3) is 0.105. The smallest absolute Gasteiger partial charge is 0.267 e. The molecule has 0 aliphatic heterocycles. The van der Waals surface area contributed by atoms with E-state index in [0.717, 1.165) is 0 Å². The minimum absolute atomic E-state index is 0.126. The van der Waals surface area contributed by atoms with Gasteiger partial charge in [-0.3, -0.25) is 4.79 Å². The van der Waals surface area contributed by atoms with Crippen molar-refractivity contribution in [2.24, 2.45) is 0 Å². The Morgan fingerprint density at radius 3 is 2.48 bits per heavy atom. The Morgan fingerprint density at radius 2 is 1.80 bits per heavy atom. The number of ether oxygens (including phenoxy) is 1. The van der Waals surface area contributed by atoms with Gasteiger partial charge in [-0.1, -0.05) is 24.3 Å². The van der Waals surface area contributed by atoms with Gasteiger partial charge in [0.15, 0.2) is 0 Å². The molecule has 0 aliphatic rings. The van der Waals surface area contributed by atoms with Crippen LogP contribution in [0.4, 0.5) is 11.4 Å². The van der Waals surface area contributed by atoms with Gasteiger partial charge in [-0.2, -0.15) is 10.5 Å². The molecule has 0 atom stereocenters. The van der Waals surface area contributed by atoms with E-state index in [9.17, 15) is 10.1 Å². The number of para-hydroxylation sites is 3. The summed E-state index contributed by atoms with van der Waals surface area (Å²) < 4.78 is 5.48. The number of carbonyl (C=O) groups excluding carboxylic acids is 1. The van der Waals surface area contributed by atoms with Crippen LogP contribution in [0.5, 0.6) is 5.75 Å². The standard InChI is InChI=1S/C19H16N4O2/c1-2-25-18-10-6-5-9-17(18)22-13-15(12-21)19(24)23-16-8-4-3-7-14(16)11-20/h3-10,13,22H,2H2,1H3,(H,23,24)/b15-13-. The summed E-state index contributed by atoms with van der Waals surface area (Å²) in [6, 6.07) is 17.6. The highest BCUT2D eigenvalue weighted by Gasteiger charge is 2.12. The minimum Gasteiger partial charge on any atom is -0.492 e. The zero-order valence-corrected chi connectivity index (χ0v) is 13.6. The molecule has 124 valence electrons. The summed E-state index contributed by atoms with van der Waals surface area (Å²) >= 11 is 0. The van der Waals surface area contributed by atoms with Crippen LogP contribution in [0.15, 0.2) is 60.3 Å². The van der Waals surface area contributed by atoms with Crippen LogP contribution in [0.3, 0.4) is 0 Å². The Labute approximate surface area is 146 Å². The number of nitriles is 2. The average molecular weight is 332 g/mol. The van der Waals surface area contributed by atoms with E-state index < -0.39 is 5.91 Å². The van der Waals surface area contributed by atoms with Crippen molar-refractivity contribution in [3.63, 3.8) is 0 Å². The molecule has 0 bridgehead atoms.